The number of rotatable bonds is 4. The highest BCUT2D eigenvalue weighted by Gasteiger charge is 2.24. The predicted octanol–water partition coefficient (Wildman–Crippen LogP) is 2.57. The zero-order valence-electron chi connectivity index (χ0n) is 13.4. The summed E-state index contributed by atoms with van der Waals surface area (Å²) in [6.07, 6.45) is 0.839. The second-order valence-electron chi connectivity index (χ2n) is 5.48. The van der Waals surface area contributed by atoms with Crippen LogP contribution in [-0.4, -0.2) is 31.2 Å². The van der Waals surface area contributed by atoms with Gasteiger partial charge in [-0.3, -0.25) is 4.79 Å². The molecule has 0 fully saturated rings. The molecule has 0 aliphatic carbocycles. The summed E-state index contributed by atoms with van der Waals surface area (Å²) in [5.74, 6) is 0.783. The van der Waals surface area contributed by atoms with Crippen LogP contribution in [0.2, 0.25) is 0 Å². The van der Waals surface area contributed by atoms with Crippen molar-refractivity contribution in [2.45, 2.75) is 6.42 Å². The van der Waals surface area contributed by atoms with Crippen LogP contribution in [0, 0.1) is 0 Å². The molecular weight excluding hydrogens is 322 g/mol. The van der Waals surface area contributed by atoms with Gasteiger partial charge in [0.2, 0.25) is 5.91 Å². The van der Waals surface area contributed by atoms with E-state index in [4.69, 9.17) is 17.0 Å². The van der Waals surface area contributed by atoms with Crippen LogP contribution < -0.4 is 20.3 Å². The number of anilines is 2. The Morgan fingerprint density at radius 2 is 2.00 bits per heavy atom. The van der Waals surface area contributed by atoms with Crippen LogP contribution in [0.3, 0.4) is 0 Å². The number of benzene rings is 2. The molecule has 24 heavy (non-hydrogen) atoms. The van der Waals surface area contributed by atoms with Gasteiger partial charge in [-0.2, -0.15) is 0 Å². The van der Waals surface area contributed by atoms with Gasteiger partial charge in [-0.1, -0.05) is 24.3 Å². The van der Waals surface area contributed by atoms with Gasteiger partial charge in [-0.15, -0.1) is 0 Å². The third-order valence-corrected chi connectivity index (χ3v) is 4.23. The average molecular weight is 341 g/mol. The van der Waals surface area contributed by atoms with E-state index in [0.29, 0.717) is 11.7 Å². The normalized spacial score (nSPS) is 13.0. The highest BCUT2D eigenvalue weighted by atomic mass is 32.1. The number of ether oxygens (including phenoxy) is 1. The molecule has 1 amide bonds. The molecular formula is C18H19N3O2S. The number of nitrogens with one attached hydrogen (secondary N) is 2. The zero-order chi connectivity index (χ0) is 16.9. The smallest absolute Gasteiger partial charge is 0.244 e. The lowest BCUT2D eigenvalue weighted by molar-refractivity contribution is -0.115. The lowest BCUT2D eigenvalue weighted by Gasteiger charge is -2.31. The molecule has 5 nitrogen and oxygen atoms in total. The Balaban J connectivity index is 1.60. The summed E-state index contributed by atoms with van der Waals surface area (Å²) in [4.78, 5) is 13.7. The van der Waals surface area contributed by atoms with Crippen LogP contribution in [0.25, 0.3) is 0 Å². The molecule has 1 heterocycles. The van der Waals surface area contributed by atoms with Crippen molar-refractivity contribution >= 4 is 34.6 Å². The molecule has 0 aromatic heterocycles. The quantitative estimate of drug-likeness (QED) is 0.837. The Hall–Kier alpha value is -2.60. The van der Waals surface area contributed by atoms with E-state index >= 15 is 0 Å². The van der Waals surface area contributed by atoms with Crippen molar-refractivity contribution in [3.8, 4) is 5.75 Å². The maximum absolute atomic E-state index is 11.8. The summed E-state index contributed by atoms with van der Waals surface area (Å²) < 4.78 is 5.15. The van der Waals surface area contributed by atoms with Gasteiger partial charge in [-0.05, 0) is 48.5 Å². The Kier molecular flexibility index (Phi) is 4.96. The lowest BCUT2D eigenvalue weighted by atomic mass is 10.1. The van der Waals surface area contributed by atoms with Gasteiger partial charge in [0, 0.05) is 6.54 Å². The molecule has 1 aliphatic rings. The summed E-state index contributed by atoms with van der Waals surface area (Å²) in [7, 11) is 1.65. The van der Waals surface area contributed by atoms with Gasteiger partial charge in [0.1, 0.15) is 12.3 Å². The first-order chi connectivity index (χ1) is 11.7. The molecule has 3 rings (SSSR count). The van der Waals surface area contributed by atoms with E-state index < -0.39 is 0 Å². The van der Waals surface area contributed by atoms with Crippen LogP contribution in [-0.2, 0) is 11.2 Å². The Morgan fingerprint density at radius 1 is 1.25 bits per heavy atom. The number of nitrogens with zero attached hydrogens (tertiary/aromatic N) is 1. The fraction of sp³-hybridized carbons (Fsp3) is 0.222. The SMILES string of the molecule is COc1ccc(CCNC(=S)N2CC(=O)Nc3ccccc32)cc1. The molecule has 0 unspecified atom stereocenters. The maximum atomic E-state index is 11.8. The highest BCUT2D eigenvalue weighted by molar-refractivity contribution is 7.80. The number of thiocarbonyl (C=S) groups is 1. The molecule has 2 N–H and O–H groups in total. The highest BCUT2D eigenvalue weighted by Crippen LogP contribution is 2.28. The fourth-order valence-electron chi connectivity index (χ4n) is 2.62. The molecule has 0 saturated carbocycles. The number of para-hydroxylation sites is 2. The number of hydrogen-bond donors (Lipinski definition) is 2. The Labute approximate surface area is 146 Å². The molecule has 0 spiro atoms. The van der Waals surface area contributed by atoms with Gasteiger partial charge in [0.05, 0.1) is 18.5 Å². The summed E-state index contributed by atoms with van der Waals surface area (Å²) in [6.45, 7) is 0.927. The first-order valence-electron chi connectivity index (χ1n) is 7.74. The number of amides is 1. The number of carbonyl (C=O) groups is 1. The first-order valence-corrected chi connectivity index (χ1v) is 8.15. The largest absolute Gasteiger partial charge is 0.497 e. The van der Waals surface area contributed by atoms with E-state index in [0.717, 1.165) is 23.5 Å². The van der Waals surface area contributed by atoms with Crippen molar-refractivity contribution in [1.29, 1.82) is 0 Å². The van der Waals surface area contributed by atoms with Crippen molar-refractivity contribution in [2.24, 2.45) is 0 Å². The van der Waals surface area contributed by atoms with E-state index in [-0.39, 0.29) is 12.5 Å². The summed E-state index contributed by atoms with van der Waals surface area (Å²) in [6, 6.07) is 15.6. The van der Waals surface area contributed by atoms with Crippen LogP contribution in [0.15, 0.2) is 48.5 Å². The van der Waals surface area contributed by atoms with Gasteiger partial charge >= 0.3 is 0 Å². The number of fused-ring (bicyclic) bond motifs is 1. The third kappa shape index (κ3) is 3.65. The number of methoxy groups -OCH3 is 1. The topological polar surface area (TPSA) is 53.6 Å². The van der Waals surface area contributed by atoms with Gasteiger partial charge in [0.25, 0.3) is 0 Å². The molecule has 6 heteroatoms. The summed E-state index contributed by atoms with van der Waals surface area (Å²) in [5.41, 5.74) is 2.90. The average Bonchev–Trinajstić information content (AvgIpc) is 2.61. The van der Waals surface area contributed by atoms with E-state index in [9.17, 15) is 4.79 Å². The van der Waals surface area contributed by atoms with Crippen LogP contribution in [0.5, 0.6) is 5.75 Å². The van der Waals surface area contributed by atoms with Crippen molar-refractivity contribution in [3.63, 3.8) is 0 Å². The van der Waals surface area contributed by atoms with Crippen LogP contribution in [0.1, 0.15) is 5.56 Å². The minimum Gasteiger partial charge on any atom is -0.497 e. The molecule has 0 atom stereocenters. The zero-order valence-corrected chi connectivity index (χ0v) is 14.2. The van der Waals surface area contributed by atoms with E-state index in [1.54, 1.807) is 7.11 Å². The lowest BCUT2D eigenvalue weighted by Crippen LogP contribution is -2.47. The monoisotopic (exact) mass is 341 g/mol. The summed E-state index contributed by atoms with van der Waals surface area (Å²) >= 11 is 5.47. The minimum absolute atomic E-state index is 0.0620. The summed E-state index contributed by atoms with van der Waals surface area (Å²) in [5, 5.41) is 6.66. The van der Waals surface area contributed by atoms with Crippen molar-refractivity contribution in [1.82, 2.24) is 5.32 Å². The molecule has 2 aromatic rings. The predicted molar refractivity (Wildman–Crippen MR) is 99.7 cm³/mol. The molecule has 124 valence electrons. The molecule has 0 bridgehead atoms. The minimum atomic E-state index is -0.0620. The van der Waals surface area contributed by atoms with Crippen molar-refractivity contribution in [2.75, 3.05) is 30.4 Å². The Bertz CT molecular complexity index is 746. The Morgan fingerprint density at radius 3 is 2.75 bits per heavy atom. The van der Waals surface area contributed by atoms with Gasteiger partial charge < -0.3 is 20.3 Å². The standard InChI is InChI=1S/C18H19N3O2S/c1-23-14-8-6-13(7-9-14)10-11-19-18(24)21-12-17(22)20-15-4-2-3-5-16(15)21/h2-9H,10-12H2,1H3,(H,19,24)(H,20,22). The molecule has 1 aliphatic heterocycles. The molecule has 2 aromatic carbocycles. The van der Waals surface area contributed by atoms with E-state index in [2.05, 4.69) is 10.6 Å². The van der Waals surface area contributed by atoms with E-state index in [1.165, 1.54) is 5.56 Å². The molecule has 0 radical (unpaired) electrons. The van der Waals surface area contributed by atoms with E-state index in [1.807, 2.05) is 53.4 Å². The second kappa shape index (κ2) is 7.31. The van der Waals surface area contributed by atoms with Gasteiger partial charge in [0.15, 0.2) is 5.11 Å². The van der Waals surface area contributed by atoms with Crippen molar-refractivity contribution in [3.05, 3.63) is 54.1 Å². The van der Waals surface area contributed by atoms with Crippen LogP contribution in [0.4, 0.5) is 11.4 Å². The van der Waals surface area contributed by atoms with Gasteiger partial charge in [-0.25, -0.2) is 0 Å². The molecule has 0 saturated heterocycles. The first kappa shape index (κ1) is 16.3. The maximum Gasteiger partial charge on any atom is 0.244 e. The second-order valence-corrected chi connectivity index (χ2v) is 5.87. The van der Waals surface area contributed by atoms with Crippen molar-refractivity contribution < 1.29 is 9.53 Å². The fourth-order valence-corrected chi connectivity index (χ4v) is 2.88. The third-order valence-electron chi connectivity index (χ3n) is 3.86. The van der Waals surface area contributed by atoms with Crippen LogP contribution >= 0.6 is 12.2 Å². The number of carbonyl (C=O) groups excluding carboxylic acids is 1. The number of hydrogen-bond acceptors (Lipinski definition) is 3.